The Morgan fingerprint density at radius 2 is 1.52 bits per heavy atom. The number of ether oxygens (including phenoxy) is 1. The number of carbonyl (C=O) groups excluding carboxylic acids is 3. The van der Waals surface area contributed by atoms with Gasteiger partial charge in [0.1, 0.15) is 0 Å². The van der Waals surface area contributed by atoms with Gasteiger partial charge in [-0.3, -0.25) is 9.59 Å². The molecule has 4 bridgehead atoms. The summed E-state index contributed by atoms with van der Waals surface area (Å²) >= 11 is 1.34. The quantitative estimate of drug-likeness (QED) is 0.503. The summed E-state index contributed by atoms with van der Waals surface area (Å²) in [6.07, 6.45) is 6.69. The fourth-order valence-corrected chi connectivity index (χ4v) is 6.89. The van der Waals surface area contributed by atoms with Gasteiger partial charge in [0.25, 0.3) is 0 Å². The van der Waals surface area contributed by atoms with Crippen LogP contribution in [0.3, 0.4) is 0 Å². The smallest absolute Gasteiger partial charge is 0.339 e. The first-order chi connectivity index (χ1) is 14.0. The van der Waals surface area contributed by atoms with E-state index >= 15 is 0 Å². The molecule has 4 fully saturated rings. The normalized spacial score (nSPS) is 29.6. The fourth-order valence-electron chi connectivity index (χ4n) is 6.21. The molecule has 0 N–H and O–H groups in total. The molecular weight excluding hydrogens is 384 g/mol. The highest BCUT2D eigenvalue weighted by Gasteiger charge is 2.54. The Hall–Kier alpha value is -2.27. The standard InChI is InChI=1S/C24H24O4S/c25-21(24-11-15-8-16(12-24)10-17(9-15)13-24)14-28-23(27)19-5-2-1-4-18(19)22(26)20-6-3-7-29-20/h1-7,15-17H,8-14H2. The Morgan fingerprint density at radius 1 is 0.897 bits per heavy atom. The van der Waals surface area contributed by atoms with Crippen LogP contribution < -0.4 is 0 Å². The second-order valence-electron chi connectivity index (χ2n) is 9.05. The molecule has 4 nitrogen and oxygen atoms in total. The molecule has 0 atom stereocenters. The highest BCUT2D eigenvalue weighted by atomic mass is 32.1. The molecule has 4 aliphatic rings. The molecule has 0 aliphatic heterocycles. The highest BCUT2D eigenvalue weighted by Crippen LogP contribution is 2.60. The van der Waals surface area contributed by atoms with Gasteiger partial charge in [-0.05, 0) is 73.8 Å². The molecule has 29 heavy (non-hydrogen) atoms. The first kappa shape index (κ1) is 18.7. The summed E-state index contributed by atoms with van der Waals surface area (Å²) in [6, 6.07) is 10.2. The zero-order valence-electron chi connectivity index (χ0n) is 16.3. The van der Waals surface area contributed by atoms with E-state index in [1.165, 1.54) is 30.6 Å². The van der Waals surface area contributed by atoms with Crippen molar-refractivity contribution in [1.82, 2.24) is 0 Å². The molecule has 0 unspecified atom stereocenters. The van der Waals surface area contributed by atoms with Gasteiger partial charge in [-0.2, -0.15) is 0 Å². The molecule has 4 saturated carbocycles. The molecule has 0 spiro atoms. The van der Waals surface area contributed by atoms with E-state index in [9.17, 15) is 14.4 Å². The van der Waals surface area contributed by atoms with Crippen LogP contribution in [0.4, 0.5) is 0 Å². The van der Waals surface area contributed by atoms with E-state index in [0.29, 0.717) is 28.2 Å². The number of carbonyl (C=O) groups is 3. The van der Waals surface area contributed by atoms with Crippen molar-refractivity contribution in [1.29, 1.82) is 0 Å². The Morgan fingerprint density at radius 3 is 2.10 bits per heavy atom. The van der Waals surface area contributed by atoms with Gasteiger partial charge in [-0.15, -0.1) is 11.3 Å². The van der Waals surface area contributed by atoms with E-state index in [-0.39, 0.29) is 29.2 Å². The van der Waals surface area contributed by atoms with Crippen LogP contribution in [0.15, 0.2) is 41.8 Å². The Balaban J connectivity index is 1.29. The van der Waals surface area contributed by atoms with Crippen molar-refractivity contribution >= 4 is 28.9 Å². The molecule has 1 aromatic carbocycles. The molecule has 1 heterocycles. The Kier molecular flexibility index (Phi) is 4.66. The molecule has 0 amide bonds. The lowest BCUT2D eigenvalue weighted by atomic mass is 9.48. The molecule has 6 rings (SSSR count). The van der Waals surface area contributed by atoms with Gasteiger partial charge in [-0.25, -0.2) is 4.79 Å². The molecule has 0 radical (unpaired) electrons. The third-order valence-electron chi connectivity index (χ3n) is 7.10. The van der Waals surface area contributed by atoms with Crippen molar-refractivity contribution < 1.29 is 19.1 Å². The van der Waals surface area contributed by atoms with Crippen molar-refractivity contribution in [3.63, 3.8) is 0 Å². The van der Waals surface area contributed by atoms with Crippen molar-refractivity contribution in [3.8, 4) is 0 Å². The first-order valence-corrected chi connectivity index (χ1v) is 11.3. The molecule has 150 valence electrons. The van der Waals surface area contributed by atoms with Crippen LogP contribution in [-0.4, -0.2) is 24.1 Å². The van der Waals surface area contributed by atoms with Crippen molar-refractivity contribution in [2.24, 2.45) is 23.2 Å². The van der Waals surface area contributed by atoms with Crippen molar-refractivity contribution in [2.45, 2.75) is 38.5 Å². The van der Waals surface area contributed by atoms with E-state index in [1.807, 2.05) is 11.4 Å². The molecule has 1 aromatic heterocycles. The molecular formula is C24H24O4S. The minimum absolute atomic E-state index is 0.0759. The van der Waals surface area contributed by atoms with Crippen LogP contribution in [0.25, 0.3) is 0 Å². The predicted octanol–water partition coefficient (Wildman–Crippen LogP) is 4.92. The van der Waals surface area contributed by atoms with Crippen LogP contribution >= 0.6 is 11.3 Å². The van der Waals surface area contributed by atoms with Crippen LogP contribution in [-0.2, 0) is 9.53 Å². The van der Waals surface area contributed by atoms with Crippen LogP contribution in [0.1, 0.15) is 64.1 Å². The summed E-state index contributed by atoms with van der Waals surface area (Å²) in [4.78, 5) is 39.2. The maximum atomic E-state index is 13.1. The van der Waals surface area contributed by atoms with Gasteiger partial charge < -0.3 is 4.74 Å². The zero-order chi connectivity index (χ0) is 20.0. The summed E-state index contributed by atoms with van der Waals surface area (Å²) in [5.74, 6) is 1.30. The topological polar surface area (TPSA) is 60.4 Å². The van der Waals surface area contributed by atoms with E-state index in [4.69, 9.17) is 4.74 Å². The van der Waals surface area contributed by atoms with Gasteiger partial charge in [0.05, 0.1) is 10.4 Å². The van der Waals surface area contributed by atoms with E-state index < -0.39 is 5.97 Å². The summed E-state index contributed by atoms with van der Waals surface area (Å²) in [7, 11) is 0. The van der Waals surface area contributed by atoms with Gasteiger partial charge in [0.2, 0.25) is 5.78 Å². The molecule has 2 aromatic rings. The SMILES string of the molecule is O=C(OCC(=O)C12CC3CC(CC(C3)C1)C2)c1ccccc1C(=O)c1cccs1. The first-order valence-electron chi connectivity index (χ1n) is 10.4. The minimum Gasteiger partial charge on any atom is -0.454 e. The van der Waals surface area contributed by atoms with Gasteiger partial charge in [0.15, 0.2) is 12.4 Å². The number of hydrogen-bond donors (Lipinski definition) is 0. The number of hydrogen-bond acceptors (Lipinski definition) is 5. The second kappa shape index (κ2) is 7.21. The number of rotatable bonds is 6. The fraction of sp³-hybridized carbons (Fsp3) is 0.458. The second-order valence-corrected chi connectivity index (χ2v) is 10.00. The van der Waals surface area contributed by atoms with Gasteiger partial charge in [-0.1, -0.05) is 24.3 Å². The lowest BCUT2D eigenvalue weighted by molar-refractivity contribution is -0.147. The van der Waals surface area contributed by atoms with Crippen LogP contribution in [0, 0.1) is 23.2 Å². The average Bonchev–Trinajstić information content (AvgIpc) is 3.25. The number of benzene rings is 1. The van der Waals surface area contributed by atoms with Gasteiger partial charge >= 0.3 is 5.97 Å². The third kappa shape index (κ3) is 3.35. The third-order valence-corrected chi connectivity index (χ3v) is 7.97. The van der Waals surface area contributed by atoms with E-state index in [0.717, 1.165) is 19.3 Å². The van der Waals surface area contributed by atoms with Crippen molar-refractivity contribution in [2.75, 3.05) is 6.61 Å². The molecule has 0 saturated heterocycles. The van der Waals surface area contributed by atoms with Crippen LogP contribution in [0.5, 0.6) is 0 Å². The Bertz CT molecular complexity index is 924. The number of thiophene rings is 1. The summed E-state index contributed by atoms with van der Waals surface area (Å²) < 4.78 is 5.45. The maximum Gasteiger partial charge on any atom is 0.339 e. The van der Waals surface area contributed by atoms with E-state index in [2.05, 4.69) is 0 Å². The lowest BCUT2D eigenvalue weighted by Crippen LogP contribution is -2.51. The molecule has 4 aliphatic carbocycles. The monoisotopic (exact) mass is 408 g/mol. The average molecular weight is 409 g/mol. The number of esters is 1. The Labute approximate surface area is 174 Å². The van der Waals surface area contributed by atoms with Crippen LogP contribution in [0.2, 0.25) is 0 Å². The maximum absolute atomic E-state index is 13.1. The van der Waals surface area contributed by atoms with E-state index in [1.54, 1.807) is 30.3 Å². The largest absolute Gasteiger partial charge is 0.454 e. The number of ketones is 2. The minimum atomic E-state index is -0.594. The summed E-state index contributed by atoms with van der Waals surface area (Å²) in [5, 5.41) is 1.83. The summed E-state index contributed by atoms with van der Waals surface area (Å²) in [6.45, 7) is -0.188. The zero-order valence-corrected chi connectivity index (χ0v) is 17.1. The number of Topliss-reactive ketones (excluding diaryl/α,β-unsaturated/α-hetero) is 1. The van der Waals surface area contributed by atoms with Gasteiger partial charge in [0, 0.05) is 11.0 Å². The predicted molar refractivity (Wildman–Crippen MR) is 110 cm³/mol. The van der Waals surface area contributed by atoms with Crippen molar-refractivity contribution in [3.05, 3.63) is 57.8 Å². The molecule has 5 heteroatoms. The lowest BCUT2D eigenvalue weighted by Gasteiger charge is -2.55. The summed E-state index contributed by atoms with van der Waals surface area (Å²) in [5.41, 5.74) is 0.271. The highest BCUT2D eigenvalue weighted by molar-refractivity contribution is 7.12.